The minimum Gasteiger partial charge on any atom is -0.456 e. The van der Waals surface area contributed by atoms with Gasteiger partial charge >= 0.3 is 0 Å². The standard InChI is InChI=1S/C13H12FNO/c14-10-2-4-12-9(5-10)7-13(16-12)8-1-3-11(15)6-8/h2,4-7,11H,1,3,15H2. The van der Waals surface area contributed by atoms with Crippen LogP contribution >= 0.6 is 0 Å². The van der Waals surface area contributed by atoms with Crippen LogP contribution in [0.2, 0.25) is 0 Å². The van der Waals surface area contributed by atoms with Crippen molar-refractivity contribution < 1.29 is 8.81 Å². The van der Waals surface area contributed by atoms with Crippen LogP contribution in [0.5, 0.6) is 0 Å². The highest BCUT2D eigenvalue weighted by Crippen LogP contribution is 2.31. The maximum absolute atomic E-state index is 13.0. The summed E-state index contributed by atoms with van der Waals surface area (Å²) in [6.45, 7) is 0. The van der Waals surface area contributed by atoms with Gasteiger partial charge in [-0.3, -0.25) is 0 Å². The van der Waals surface area contributed by atoms with E-state index in [9.17, 15) is 4.39 Å². The van der Waals surface area contributed by atoms with Crippen molar-refractivity contribution in [2.24, 2.45) is 5.73 Å². The van der Waals surface area contributed by atoms with Crippen LogP contribution < -0.4 is 5.73 Å². The highest BCUT2D eigenvalue weighted by molar-refractivity contribution is 5.82. The van der Waals surface area contributed by atoms with Crippen molar-refractivity contribution in [2.75, 3.05) is 0 Å². The van der Waals surface area contributed by atoms with Gasteiger partial charge in [0.05, 0.1) is 0 Å². The maximum atomic E-state index is 13.0. The smallest absolute Gasteiger partial charge is 0.135 e. The molecule has 0 saturated heterocycles. The topological polar surface area (TPSA) is 39.2 Å². The van der Waals surface area contributed by atoms with E-state index in [1.165, 1.54) is 12.1 Å². The molecule has 1 atom stereocenters. The number of benzene rings is 1. The van der Waals surface area contributed by atoms with E-state index in [-0.39, 0.29) is 11.9 Å². The second-order valence-corrected chi connectivity index (χ2v) is 4.19. The van der Waals surface area contributed by atoms with Gasteiger partial charge in [0.15, 0.2) is 0 Å². The lowest BCUT2D eigenvalue weighted by Crippen LogP contribution is -2.11. The number of halogens is 1. The average molecular weight is 217 g/mol. The largest absolute Gasteiger partial charge is 0.456 e. The molecule has 0 radical (unpaired) electrons. The number of nitrogens with two attached hydrogens (primary N) is 1. The van der Waals surface area contributed by atoms with Gasteiger partial charge in [-0.2, -0.15) is 0 Å². The molecule has 2 aromatic rings. The molecule has 1 aromatic heterocycles. The summed E-state index contributed by atoms with van der Waals surface area (Å²) in [6.07, 6.45) is 3.91. The van der Waals surface area contributed by atoms with Gasteiger partial charge in [0.25, 0.3) is 0 Å². The fraction of sp³-hybridized carbons (Fsp3) is 0.231. The van der Waals surface area contributed by atoms with E-state index in [1.807, 2.05) is 12.1 Å². The van der Waals surface area contributed by atoms with Crippen molar-refractivity contribution in [1.82, 2.24) is 0 Å². The Morgan fingerprint density at radius 1 is 1.31 bits per heavy atom. The summed E-state index contributed by atoms with van der Waals surface area (Å²) in [7, 11) is 0. The van der Waals surface area contributed by atoms with Gasteiger partial charge in [-0.25, -0.2) is 4.39 Å². The molecule has 0 aliphatic heterocycles. The van der Waals surface area contributed by atoms with E-state index in [1.54, 1.807) is 6.07 Å². The zero-order valence-electron chi connectivity index (χ0n) is 8.74. The van der Waals surface area contributed by atoms with Crippen molar-refractivity contribution in [3.8, 4) is 0 Å². The van der Waals surface area contributed by atoms with Crippen molar-refractivity contribution in [2.45, 2.75) is 18.9 Å². The van der Waals surface area contributed by atoms with Gasteiger partial charge in [0.2, 0.25) is 0 Å². The lowest BCUT2D eigenvalue weighted by atomic mass is 10.1. The number of hydrogen-bond donors (Lipinski definition) is 1. The predicted molar refractivity (Wildman–Crippen MR) is 61.4 cm³/mol. The van der Waals surface area contributed by atoms with Crippen LogP contribution in [-0.2, 0) is 0 Å². The highest BCUT2D eigenvalue weighted by atomic mass is 19.1. The molecular weight excluding hydrogens is 205 g/mol. The molecule has 0 saturated carbocycles. The normalized spacial score (nSPS) is 20.4. The molecule has 3 rings (SSSR count). The first-order chi connectivity index (χ1) is 7.72. The fourth-order valence-electron chi connectivity index (χ4n) is 2.13. The summed E-state index contributed by atoms with van der Waals surface area (Å²) in [6, 6.07) is 6.55. The third-order valence-corrected chi connectivity index (χ3v) is 2.96. The summed E-state index contributed by atoms with van der Waals surface area (Å²) in [4.78, 5) is 0. The molecule has 1 aliphatic rings. The quantitative estimate of drug-likeness (QED) is 0.797. The molecule has 2 N–H and O–H groups in total. The second-order valence-electron chi connectivity index (χ2n) is 4.19. The third-order valence-electron chi connectivity index (χ3n) is 2.96. The first kappa shape index (κ1) is 9.60. The average Bonchev–Trinajstić information content (AvgIpc) is 2.83. The van der Waals surface area contributed by atoms with Gasteiger partial charge in [-0.1, -0.05) is 6.08 Å². The van der Waals surface area contributed by atoms with Crippen molar-refractivity contribution in [3.63, 3.8) is 0 Å². The first-order valence-corrected chi connectivity index (χ1v) is 5.38. The highest BCUT2D eigenvalue weighted by Gasteiger charge is 2.16. The molecule has 3 heteroatoms. The zero-order chi connectivity index (χ0) is 11.1. The summed E-state index contributed by atoms with van der Waals surface area (Å²) < 4.78 is 18.7. The Labute approximate surface area is 92.5 Å². The number of hydrogen-bond acceptors (Lipinski definition) is 2. The number of fused-ring (bicyclic) bond motifs is 1. The Balaban J connectivity index is 2.09. The van der Waals surface area contributed by atoms with Gasteiger partial charge in [-0.15, -0.1) is 0 Å². The van der Waals surface area contributed by atoms with Crippen molar-refractivity contribution in [1.29, 1.82) is 0 Å². The second kappa shape index (κ2) is 3.46. The summed E-state index contributed by atoms with van der Waals surface area (Å²) in [5.74, 6) is 0.575. The number of furan rings is 1. The minimum atomic E-state index is -0.239. The molecule has 82 valence electrons. The van der Waals surface area contributed by atoms with E-state index in [0.717, 1.165) is 35.1 Å². The van der Waals surface area contributed by atoms with E-state index >= 15 is 0 Å². The van der Waals surface area contributed by atoms with Crippen LogP contribution in [0, 0.1) is 5.82 Å². The SMILES string of the molecule is NC1C=C(c2cc3cc(F)ccc3o2)CC1. The van der Waals surface area contributed by atoms with Gasteiger partial charge in [-0.05, 0) is 42.7 Å². The predicted octanol–water partition coefficient (Wildman–Crippen LogP) is 3.08. The molecule has 1 aliphatic carbocycles. The fourth-order valence-corrected chi connectivity index (χ4v) is 2.13. The van der Waals surface area contributed by atoms with Crippen LogP contribution in [0.4, 0.5) is 4.39 Å². The van der Waals surface area contributed by atoms with Crippen molar-refractivity contribution in [3.05, 3.63) is 41.9 Å². The Bertz CT molecular complexity index is 570. The van der Waals surface area contributed by atoms with E-state index < -0.39 is 0 Å². The van der Waals surface area contributed by atoms with Gasteiger partial charge < -0.3 is 10.2 Å². The maximum Gasteiger partial charge on any atom is 0.135 e. The van der Waals surface area contributed by atoms with E-state index in [0.29, 0.717) is 0 Å². The van der Waals surface area contributed by atoms with Crippen LogP contribution in [0.25, 0.3) is 16.5 Å². The Morgan fingerprint density at radius 2 is 2.19 bits per heavy atom. The van der Waals surface area contributed by atoms with Crippen LogP contribution in [0.1, 0.15) is 18.6 Å². The Hall–Kier alpha value is -1.61. The zero-order valence-corrected chi connectivity index (χ0v) is 8.74. The molecule has 0 fully saturated rings. The van der Waals surface area contributed by atoms with E-state index in [2.05, 4.69) is 0 Å². The number of rotatable bonds is 1. The van der Waals surface area contributed by atoms with E-state index in [4.69, 9.17) is 10.2 Å². The van der Waals surface area contributed by atoms with Crippen LogP contribution in [0.3, 0.4) is 0 Å². The molecule has 2 nitrogen and oxygen atoms in total. The molecule has 1 aromatic carbocycles. The number of allylic oxidation sites excluding steroid dienone is 1. The summed E-state index contributed by atoms with van der Waals surface area (Å²) in [5.41, 5.74) is 7.65. The molecular formula is C13H12FNO. The molecule has 1 heterocycles. The van der Waals surface area contributed by atoms with Crippen LogP contribution in [0.15, 0.2) is 34.8 Å². The molecule has 1 unspecified atom stereocenters. The first-order valence-electron chi connectivity index (χ1n) is 5.38. The summed E-state index contributed by atoms with van der Waals surface area (Å²) in [5, 5.41) is 0.802. The third kappa shape index (κ3) is 1.53. The molecule has 16 heavy (non-hydrogen) atoms. The van der Waals surface area contributed by atoms with Crippen molar-refractivity contribution >= 4 is 16.5 Å². The Morgan fingerprint density at radius 3 is 2.94 bits per heavy atom. The van der Waals surface area contributed by atoms with Gasteiger partial charge in [0, 0.05) is 11.4 Å². The molecule has 0 bridgehead atoms. The van der Waals surface area contributed by atoms with Crippen LogP contribution in [-0.4, -0.2) is 6.04 Å². The Kier molecular flexibility index (Phi) is 2.07. The summed E-state index contributed by atoms with van der Waals surface area (Å²) >= 11 is 0. The monoisotopic (exact) mass is 217 g/mol. The minimum absolute atomic E-state index is 0.125. The lowest BCUT2D eigenvalue weighted by Gasteiger charge is -1.93. The molecule has 0 spiro atoms. The van der Waals surface area contributed by atoms with Gasteiger partial charge in [0.1, 0.15) is 17.2 Å². The lowest BCUT2D eigenvalue weighted by molar-refractivity contribution is 0.594. The molecule has 0 amide bonds.